The Kier molecular flexibility index (Phi) is 6.26. The molecule has 0 aliphatic heterocycles. The zero-order valence-electron chi connectivity index (χ0n) is 19.9. The van der Waals surface area contributed by atoms with E-state index in [2.05, 4.69) is 29.1 Å². The molecule has 0 N–H and O–H groups in total. The number of pyridine rings is 1. The Morgan fingerprint density at radius 2 is 1.74 bits per heavy atom. The second-order valence-corrected chi connectivity index (χ2v) is 9.88. The number of fused-ring (bicyclic) bond motifs is 3. The third-order valence-corrected chi connectivity index (χ3v) is 7.66. The molecule has 3 heterocycles. The Balaban J connectivity index is 0.00000241. The lowest BCUT2D eigenvalue weighted by molar-refractivity contribution is 0.185. The standard InChI is InChI=1S/C28H30N2O3.ClH/c1-17-28-22(20(15-29-17)16-30(2)21-9-4-3-5-10-21)13-26(33-28)24-14-27(31)32-25-12-19-8-6-7-18(19)11-23(24)25;/h11-15,21H,3-10,16H2,1-2H3;1H. The fourth-order valence-corrected chi connectivity index (χ4v) is 5.81. The molecule has 1 saturated carbocycles. The summed E-state index contributed by atoms with van der Waals surface area (Å²) in [6.45, 7) is 2.83. The van der Waals surface area contributed by atoms with Crippen molar-refractivity contribution in [3.63, 3.8) is 0 Å². The number of rotatable bonds is 4. The van der Waals surface area contributed by atoms with E-state index in [-0.39, 0.29) is 18.0 Å². The molecule has 0 atom stereocenters. The van der Waals surface area contributed by atoms with E-state index in [1.54, 1.807) is 6.07 Å². The number of furan rings is 1. The van der Waals surface area contributed by atoms with Gasteiger partial charge in [0.2, 0.25) is 0 Å². The van der Waals surface area contributed by atoms with Gasteiger partial charge in [-0.25, -0.2) is 4.79 Å². The molecule has 34 heavy (non-hydrogen) atoms. The fraction of sp³-hybridized carbons (Fsp3) is 0.429. The first kappa shape index (κ1) is 23.1. The van der Waals surface area contributed by atoms with Crippen molar-refractivity contribution in [3.8, 4) is 11.3 Å². The molecule has 3 aromatic heterocycles. The molecule has 0 bridgehead atoms. The molecular formula is C28H31ClN2O3. The van der Waals surface area contributed by atoms with Gasteiger partial charge >= 0.3 is 5.63 Å². The summed E-state index contributed by atoms with van der Waals surface area (Å²) < 4.78 is 11.9. The van der Waals surface area contributed by atoms with E-state index in [1.807, 2.05) is 19.2 Å². The van der Waals surface area contributed by atoms with Gasteiger partial charge in [0.25, 0.3) is 0 Å². The van der Waals surface area contributed by atoms with Gasteiger partial charge in [-0.05, 0) is 81.0 Å². The second kappa shape index (κ2) is 9.20. The third-order valence-electron chi connectivity index (χ3n) is 7.66. The molecule has 0 saturated heterocycles. The van der Waals surface area contributed by atoms with Crippen LogP contribution in [0.5, 0.6) is 0 Å². The maximum absolute atomic E-state index is 12.4. The molecule has 1 aromatic carbocycles. The van der Waals surface area contributed by atoms with Crippen molar-refractivity contribution in [2.24, 2.45) is 0 Å². The molecule has 2 aliphatic rings. The molecule has 5 nitrogen and oxygen atoms in total. The van der Waals surface area contributed by atoms with Crippen molar-refractivity contribution < 1.29 is 8.83 Å². The van der Waals surface area contributed by atoms with E-state index >= 15 is 0 Å². The van der Waals surface area contributed by atoms with Crippen molar-refractivity contribution >= 4 is 34.3 Å². The lowest BCUT2D eigenvalue weighted by Crippen LogP contribution is -2.32. The average molecular weight is 479 g/mol. The molecule has 6 heteroatoms. The number of aromatic nitrogens is 1. The summed E-state index contributed by atoms with van der Waals surface area (Å²) in [6, 6.07) is 8.52. The van der Waals surface area contributed by atoms with Gasteiger partial charge in [0.15, 0.2) is 5.58 Å². The lowest BCUT2D eigenvalue weighted by atomic mass is 9.94. The van der Waals surface area contributed by atoms with Gasteiger partial charge in [0, 0.05) is 41.2 Å². The predicted octanol–water partition coefficient (Wildman–Crippen LogP) is 6.58. The Labute approximate surface area is 205 Å². The van der Waals surface area contributed by atoms with E-state index in [1.165, 1.54) is 48.8 Å². The molecule has 0 spiro atoms. The van der Waals surface area contributed by atoms with Gasteiger partial charge in [-0.1, -0.05) is 19.3 Å². The largest absolute Gasteiger partial charge is 0.454 e. The summed E-state index contributed by atoms with van der Waals surface area (Å²) >= 11 is 0. The van der Waals surface area contributed by atoms with Crippen LogP contribution < -0.4 is 5.63 Å². The molecule has 0 amide bonds. The van der Waals surface area contributed by atoms with Crippen LogP contribution in [0.15, 0.2) is 44.1 Å². The topological polar surface area (TPSA) is 59.5 Å². The molecule has 1 fully saturated rings. The quantitative estimate of drug-likeness (QED) is 0.310. The SMILES string of the molecule is Cc1ncc(CN(C)C2CCCCC2)c2cc(-c3cc(=O)oc4cc5c(cc34)CCC5)oc12.Cl. The van der Waals surface area contributed by atoms with Crippen LogP contribution >= 0.6 is 12.4 Å². The molecule has 4 aromatic rings. The minimum Gasteiger partial charge on any atom is -0.454 e. The molecule has 2 aliphatic carbocycles. The normalized spacial score (nSPS) is 16.3. The average Bonchev–Trinajstić information content (AvgIpc) is 3.47. The highest BCUT2D eigenvalue weighted by molar-refractivity contribution is 5.96. The van der Waals surface area contributed by atoms with Crippen molar-refractivity contribution in [2.45, 2.75) is 70.9 Å². The fourth-order valence-electron chi connectivity index (χ4n) is 5.81. The predicted molar refractivity (Wildman–Crippen MR) is 138 cm³/mol. The lowest BCUT2D eigenvalue weighted by Gasteiger charge is -2.31. The van der Waals surface area contributed by atoms with E-state index in [0.29, 0.717) is 17.4 Å². The van der Waals surface area contributed by atoms with E-state index < -0.39 is 0 Å². The Hall–Kier alpha value is -2.63. The Morgan fingerprint density at radius 1 is 0.971 bits per heavy atom. The van der Waals surface area contributed by atoms with Crippen LogP contribution in [-0.4, -0.2) is 23.0 Å². The number of aryl methyl sites for hydroxylation is 3. The Bertz CT molecular complexity index is 1410. The summed E-state index contributed by atoms with van der Waals surface area (Å²) in [7, 11) is 2.22. The van der Waals surface area contributed by atoms with Crippen molar-refractivity contribution in [3.05, 3.63) is 63.3 Å². The molecule has 178 valence electrons. The molecule has 0 unspecified atom stereocenters. The summed E-state index contributed by atoms with van der Waals surface area (Å²) in [5.41, 5.74) is 6.59. The third kappa shape index (κ3) is 4.05. The number of hydrogen-bond acceptors (Lipinski definition) is 5. The summed E-state index contributed by atoms with van der Waals surface area (Å²) in [5, 5.41) is 2.03. The maximum atomic E-state index is 12.4. The second-order valence-electron chi connectivity index (χ2n) is 9.88. The van der Waals surface area contributed by atoms with Crippen LogP contribution in [0.4, 0.5) is 0 Å². The van der Waals surface area contributed by atoms with Gasteiger partial charge < -0.3 is 8.83 Å². The first-order chi connectivity index (χ1) is 16.1. The molecule has 6 rings (SSSR count). The highest BCUT2D eigenvalue weighted by Crippen LogP contribution is 2.37. The van der Waals surface area contributed by atoms with Crippen molar-refractivity contribution in [1.29, 1.82) is 0 Å². The minimum absolute atomic E-state index is 0. The van der Waals surface area contributed by atoms with Gasteiger partial charge in [-0.15, -0.1) is 12.4 Å². The number of nitrogens with zero attached hydrogens (tertiary/aromatic N) is 2. The minimum atomic E-state index is -0.344. The number of halogens is 1. The smallest absolute Gasteiger partial charge is 0.336 e. The van der Waals surface area contributed by atoms with E-state index in [0.717, 1.165) is 53.4 Å². The van der Waals surface area contributed by atoms with Crippen molar-refractivity contribution in [2.75, 3.05) is 7.05 Å². The van der Waals surface area contributed by atoms with Gasteiger partial charge in [-0.3, -0.25) is 9.88 Å². The van der Waals surface area contributed by atoms with E-state index in [9.17, 15) is 4.79 Å². The molecular weight excluding hydrogens is 448 g/mol. The first-order valence-electron chi connectivity index (χ1n) is 12.2. The highest BCUT2D eigenvalue weighted by atomic mass is 35.5. The summed E-state index contributed by atoms with van der Waals surface area (Å²) in [4.78, 5) is 19.5. The van der Waals surface area contributed by atoms with E-state index in [4.69, 9.17) is 8.83 Å². The number of benzene rings is 1. The van der Waals surface area contributed by atoms with Crippen LogP contribution in [0.25, 0.3) is 33.3 Å². The van der Waals surface area contributed by atoms with Crippen LogP contribution in [0.1, 0.15) is 60.9 Å². The van der Waals surface area contributed by atoms with Gasteiger partial charge in [0.05, 0.1) is 5.69 Å². The first-order valence-corrected chi connectivity index (χ1v) is 12.2. The van der Waals surface area contributed by atoms with Crippen LogP contribution in [-0.2, 0) is 19.4 Å². The number of hydrogen-bond donors (Lipinski definition) is 0. The van der Waals surface area contributed by atoms with Crippen LogP contribution in [0.3, 0.4) is 0 Å². The van der Waals surface area contributed by atoms with Crippen LogP contribution in [0.2, 0.25) is 0 Å². The van der Waals surface area contributed by atoms with Gasteiger partial charge in [0.1, 0.15) is 11.3 Å². The van der Waals surface area contributed by atoms with Crippen molar-refractivity contribution in [1.82, 2.24) is 9.88 Å². The Morgan fingerprint density at radius 3 is 2.53 bits per heavy atom. The highest BCUT2D eigenvalue weighted by Gasteiger charge is 2.22. The zero-order chi connectivity index (χ0) is 22.5. The monoisotopic (exact) mass is 478 g/mol. The zero-order valence-corrected chi connectivity index (χ0v) is 20.7. The summed E-state index contributed by atoms with van der Waals surface area (Å²) in [5.74, 6) is 0.707. The summed E-state index contributed by atoms with van der Waals surface area (Å²) in [6.07, 6.45) is 11.8. The molecule has 0 radical (unpaired) electrons. The van der Waals surface area contributed by atoms with Crippen LogP contribution in [0, 0.1) is 6.92 Å². The van der Waals surface area contributed by atoms with Gasteiger partial charge in [-0.2, -0.15) is 0 Å². The maximum Gasteiger partial charge on any atom is 0.336 e.